The maximum absolute atomic E-state index is 12.1. The molecule has 1 aromatic rings. The molecule has 0 spiro atoms. The molecule has 2 N–H and O–H groups in total. The van der Waals surface area contributed by atoms with Gasteiger partial charge >= 0.3 is 0 Å². The lowest BCUT2D eigenvalue weighted by molar-refractivity contribution is 0.424. The lowest BCUT2D eigenvalue weighted by Gasteiger charge is -2.23. The zero-order valence-corrected chi connectivity index (χ0v) is 12.4. The second-order valence-corrected chi connectivity index (χ2v) is 8.01. The number of nitrogens with one attached hydrogen (secondary N) is 2. The number of hydrogen-bond donors (Lipinski definition) is 2. The molecule has 2 aliphatic rings. The number of nitrogens with zero attached hydrogens (tertiary/aromatic N) is 1. The summed E-state index contributed by atoms with van der Waals surface area (Å²) < 4.78 is 26.8. The van der Waals surface area contributed by atoms with E-state index in [1.54, 1.807) is 0 Å². The van der Waals surface area contributed by atoms with E-state index in [0.717, 1.165) is 31.5 Å². The molecule has 0 amide bonds. The van der Waals surface area contributed by atoms with Gasteiger partial charge in [-0.3, -0.25) is 4.72 Å². The Morgan fingerprint density at radius 2 is 2.21 bits per heavy atom. The summed E-state index contributed by atoms with van der Waals surface area (Å²) in [6.45, 7) is 0.920. The normalized spacial score (nSPS) is 24.3. The van der Waals surface area contributed by atoms with E-state index in [4.69, 9.17) is 0 Å². The number of anilines is 1. The van der Waals surface area contributed by atoms with Crippen molar-refractivity contribution in [3.05, 3.63) is 11.1 Å². The van der Waals surface area contributed by atoms with Crippen molar-refractivity contribution in [2.75, 3.05) is 17.0 Å². The molecular formula is C12H19N3O2S2. The van der Waals surface area contributed by atoms with Crippen molar-refractivity contribution in [2.24, 2.45) is 0 Å². The summed E-state index contributed by atoms with van der Waals surface area (Å²) in [6.07, 6.45) is 5.55. The van der Waals surface area contributed by atoms with Crippen LogP contribution in [0.3, 0.4) is 0 Å². The van der Waals surface area contributed by atoms with Gasteiger partial charge in [0.1, 0.15) is 0 Å². The van der Waals surface area contributed by atoms with E-state index >= 15 is 0 Å². The molecule has 19 heavy (non-hydrogen) atoms. The van der Waals surface area contributed by atoms with Gasteiger partial charge in [0.05, 0.1) is 11.4 Å². The summed E-state index contributed by atoms with van der Waals surface area (Å²) in [5.74, 6) is 0.709. The van der Waals surface area contributed by atoms with Crippen LogP contribution in [0, 0.1) is 0 Å². The van der Waals surface area contributed by atoms with Gasteiger partial charge in [-0.15, -0.1) is 11.3 Å². The number of hydrogen-bond acceptors (Lipinski definition) is 5. The van der Waals surface area contributed by atoms with Crippen LogP contribution >= 0.6 is 11.3 Å². The van der Waals surface area contributed by atoms with Crippen LogP contribution < -0.4 is 10.0 Å². The predicted octanol–water partition coefficient (Wildman–Crippen LogP) is 1.90. The van der Waals surface area contributed by atoms with E-state index in [0.29, 0.717) is 11.0 Å². The number of sulfonamides is 1. The molecule has 1 saturated carbocycles. The Morgan fingerprint density at radius 3 is 2.89 bits per heavy atom. The van der Waals surface area contributed by atoms with Crippen molar-refractivity contribution in [2.45, 2.75) is 44.1 Å². The van der Waals surface area contributed by atoms with Crippen LogP contribution in [0.1, 0.15) is 43.7 Å². The summed E-state index contributed by atoms with van der Waals surface area (Å²) in [5.41, 5.74) is 1.04. The van der Waals surface area contributed by atoms with Gasteiger partial charge in [0.2, 0.25) is 10.0 Å². The van der Waals surface area contributed by atoms with Crippen molar-refractivity contribution in [3.8, 4) is 0 Å². The zero-order chi connectivity index (χ0) is 13.3. The highest BCUT2D eigenvalue weighted by Gasteiger charge is 2.27. The van der Waals surface area contributed by atoms with Crippen LogP contribution in [-0.2, 0) is 10.0 Å². The highest BCUT2D eigenvalue weighted by atomic mass is 32.2. The number of thiazole rings is 1. The molecule has 1 atom stereocenters. The van der Waals surface area contributed by atoms with E-state index in [9.17, 15) is 8.42 Å². The van der Waals surface area contributed by atoms with Gasteiger partial charge in [-0.25, -0.2) is 13.4 Å². The number of piperidine rings is 1. The van der Waals surface area contributed by atoms with Crippen LogP contribution in [0.5, 0.6) is 0 Å². The molecule has 0 aromatic carbocycles. The largest absolute Gasteiger partial charge is 0.313 e. The summed E-state index contributed by atoms with van der Waals surface area (Å²) in [6, 6.07) is 0.0779. The van der Waals surface area contributed by atoms with Crippen molar-refractivity contribution < 1.29 is 8.42 Å². The second kappa shape index (κ2) is 5.38. The Bertz CT molecular complexity index is 531. The van der Waals surface area contributed by atoms with Crippen LogP contribution in [0.4, 0.5) is 5.13 Å². The van der Waals surface area contributed by atoms with Gasteiger partial charge in [-0.1, -0.05) is 6.42 Å². The molecule has 106 valence electrons. The molecular weight excluding hydrogens is 282 g/mol. The van der Waals surface area contributed by atoms with E-state index in [1.807, 2.05) is 5.38 Å². The molecule has 5 nitrogen and oxygen atoms in total. The average Bonchev–Trinajstić information content (AvgIpc) is 3.11. The first-order valence-electron chi connectivity index (χ1n) is 6.82. The minimum Gasteiger partial charge on any atom is -0.313 e. The maximum atomic E-state index is 12.1. The summed E-state index contributed by atoms with van der Waals surface area (Å²) in [7, 11) is -3.29. The van der Waals surface area contributed by atoms with Gasteiger partial charge in [-0.2, -0.15) is 0 Å². The molecule has 0 bridgehead atoms. The molecule has 1 aromatic heterocycles. The van der Waals surface area contributed by atoms with Crippen LogP contribution in [0.25, 0.3) is 0 Å². The summed E-state index contributed by atoms with van der Waals surface area (Å²) in [4.78, 5) is 4.36. The fourth-order valence-electron chi connectivity index (χ4n) is 2.41. The Kier molecular flexibility index (Phi) is 3.77. The van der Waals surface area contributed by atoms with E-state index in [1.165, 1.54) is 24.2 Å². The molecule has 1 aliphatic carbocycles. The summed E-state index contributed by atoms with van der Waals surface area (Å²) >= 11 is 1.38. The minimum absolute atomic E-state index is 0.0779. The van der Waals surface area contributed by atoms with Crippen LogP contribution in [0.2, 0.25) is 0 Å². The lowest BCUT2D eigenvalue weighted by atomic mass is 10.1. The number of aromatic nitrogens is 1. The third-order valence-electron chi connectivity index (χ3n) is 3.59. The zero-order valence-electron chi connectivity index (χ0n) is 10.8. The molecule has 1 saturated heterocycles. The van der Waals surface area contributed by atoms with Crippen molar-refractivity contribution in [1.82, 2.24) is 10.3 Å². The fraction of sp³-hybridized carbons (Fsp3) is 0.750. The Morgan fingerprint density at radius 1 is 1.37 bits per heavy atom. The molecule has 3 rings (SSSR count). The molecule has 2 fully saturated rings. The molecule has 0 radical (unpaired) electrons. The van der Waals surface area contributed by atoms with Crippen LogP contribution in [-0.4, -0.2) is 31.7 Å². The SMILES string of the molecule is O=S(=O)(CC1CCCCN1)Nc1nc(C2CC2)cs1. The third kappa shape index (κ3) is 3.67. The highest BCUT2D eigenvalue weighted by molar-refractivity contribution is 7.92. The third-order valence-corrected chi connectivity index (χ3v) is 5.84. The first-order chi connectivity index (χ1) is 9.12. The number of rotatable bonds is 5. The maximum Gasteiger partial charge on any atom is 0.236 e. The first-order valence-corrected chi connectivity index (χ1v) is 9.35. The smallest absolute Gasteiger partial charge is 0.236 e. The van der Waals surface area contributed by atoms with E-state index in [-0.39, 0.29) is 11.8 Å². The Balaban J connectivity index is 1.59. The van der Waals surface area contributed by atoms with Gasteiger partial charge in [0.15, 0.2) is 5.13 Å². The molecule has 1 unspecified atom stereocenters. The van der Waals surface area contributed by atoms with Crippen molar-refractivity contribution >= 4 is 26.5 Å². The molecule has 1 aliphatic heterocycles. The Hall–Kier alpha value is -0.660. The highest BCUT2D eigenvalue weighted by Crippen LogP contribution is 2.40. The van der Waals surface area contributed by atoms with Gasteiger partial charge in [-0.05, 0) is 32.2 Å². The van der Waals surface area contributed by atoms with E-state index in [2.05, 4.69) is 15.0 Å². The average molecular weight is 301 g/mol. The monoisotopic (exact) mass is 301 g/mol. The fourth-order valence-corrected chi connectivity index (χ4v) is 4.82. The first kappa shape index (κ1) is 13.3. The lowest BCUT2D eigenvalue weighted by Crippen LogP contribution is -2.40. The van der Waals surface area contributed by atoms with Gasteiger partial charge < -0.3 is 5.32 Å². The summed E-state index contributed by atoms with van der Waals surface area (Å²) in [5, 5.41) is 5.74. The van der Waals surface area contributed by atoms with Crippen molar-refractivity contribution in [3.63, 3.8) is 0 Å². The van der Waals surface area contributed by atoms with Crippen molar-refractivity contribution in [1.29, 1.82) is 0 Å². The molecule has 7 heteroatoms. The van der Waals surface area contributed by atoms with Gasteiger partial charge in [0, 0.05) is 17.3 Å². The quantitative estimate of drug-likeness (QED) is 0.871. The van der Waals surface area contributed by atoms with Crippen LogP contribution in [0.15, 0.2) is 5.38 Å². The van der Waals surface area contributed by atoms with E-state index < -0.39 is 10.0 Å². The standard InChI is InChI=1S/C12H19N3O2S2/c16-19(17,8-10-3-1-2-6-13-10)15-12-14-11(7-18-12)9-4-5-9/h7,9-10,13H,1-6,8H2,(H,14,15). The Labute approximate surface area is 117 Å². The molecule has 2 heterocycles. The predicted molar refractivity (Wildman–Crippen MR) is 77.1 cm³/mol. The second-order valence-electron chi connectivity index (χ2n) is 5.38. The minimum atomic E-state index is -3.29. The van der Waals surface area contributed by atoms with Gasteiger partial charge in [0.25, 0.3) is 0 Å². The topological polar surface area (TPSA) is 71.1 Å².